The Hall–Kier alpha value is -1.30. The Bertz CT molecular complexity index is 446. The Morgan fingerprint density at radius 1 is 0.594 bits per heavy atom. The molecule has 0 heterocycles. The highest BCUT2D eigenvalue weighted by molar-refractivity contribution is 5.75. The molecular weight excluding hydrogens is 424 g/mol. The van der Waals surface area contributed by atoms with E-state index in [2.05, 4.69) is 0 Å². The Kier molecular flexibility index (Phi) is 21.9. The van der Waals surface area contributed by atoms with E-state index in [-0.39, 0.29) is 31.1 Å². The summed E-state index contributed by atoms with van der Waals surface area (Å²) in [6.45, 7) is 8.44. The maximum absolute atomic E-state index is 12.3. The van der Waals surface area contributed by atoms with E-state index >= 15 is 0 Å². The van der Waals surface area contributed by atoms with E-state index in [1.165, 1.54) is 0 Å². The zero-order valence-corrected chi connectivity index (χ0v) is 20.1. The monoisotopic (exact) mass is 466 g/mol. The largest absolute Gasteiger partial charge is 0.463 e. The normalized spacial score (nSPS) is 13.0. The van der Waals surface area contributed by atoms with E-state index in [1.54, 1.807) is 21.1 Å². The number of methoxy groups -OCH3 is 2. The van der Waals surface area contributed by atoms with Crippen LogP contribution >= 0.6 is 0 Å². The Labute approximate surface area is 192 Å². The maximum atomic E-state index is 12.3. The predicted octanol–water partition coefficient (Wildman–Crippen LogP) is 1.48. The van der Waals surface area contributed by atoms with Gasteiger partial charge in [0, 0.05) is 14.2 Å². The van der Waals surface area contributed by atoms with Crippen LogP contribution in [-0.2, 0) is 47.5 Å². The molecule has 0 fully saturated rings. The lowest BCUT2D eigenvalue weighted by Gasteiger charge is -2.18. The molecule has 190 valence electrons. The van der Waals surface area contributed by atoms with Crippen LogP contribution in [0.15, 0.2) is 0 Å². The Balaban J connectivity index is 3.82. The van der Waals surface area contributed by atoms with Gasteiger partial charge in [-0.15, -0.1) is 0 Å². The van der Waals surface area contributed by atoms with Crippen LogP contribution in [0.1, 0.15) is 26.7 Å². The second kappa shape index (κ2) is 22.9. The van der Waals surface area contributed by atoms with E-state index in [0.29, 0.717) is 78.9 Å². The van der Waals surface area contributed by atoms with Gasteiger partial charge in [0.2, 0.25) is 0 Å². The minimum atomic E-state index is -0.412. The predicted molar refractivity (Wildman–Crippen MR) is 117 cm³/mol. The summed E-state index contributed by atoms with van der Waals surface area (Å²) in [7, 11) is 3.22. The number of ether oxygens (including phenoxy) is 8. The quantitative estimate of drug-likeness (QED) is 0.162. The summed E-state index contributed by atoms with van der Waals surface area (Å²) in [4.78, 5) is 24.4. The molecule has 0 N–H and O–H groups in total. The molecule has 0 aromatic rings. The fraction of sp³-hybridized carbons (Fsp3) is 0.909. The van der Waals surface area contributed by atoms with E-state index < -0.39 is 5.92 Å². The van der Waals surface area contributed by atoms with Gasteiger partial charge >= 0.3 is 11.9 Å². The molecule has 0 saturated heterocycles. The average molecular weight is 467 g/mol. The topological polar surface area (TPSA) is 108 Å². The van der Waals surface area contributed by atoms with Crippen LogP contribution in [0.25, 0.3) is 0 Å². The van der Waals surface area contributed by atoms with Gasteiger partial charge in [0.05, 0.1) is 77.9 Å². The van der Waals surface area contributed by atoms with Gasteiger partial charge in [-0.25, -0.2) is 0 Å². The molecule has 0 amide bonds. The lowest BCUT2D eigenvalue weighted by molar-refractivity contribution is -0.154. The molecule has 2 unspecified atom stereocenters. The third-order valence-corrected chi connectivity index (χ3v) is 4.42. The van der Waals surface area contributed by atoms with Gasteiger partial charge in [-0.1, -0.05) is 13.8 Å². The number of hydrogen-bond acceptors (Lipinski definition) is 10. The Morgan fingerprint density at radius 2 is 0.969 bits per heavy atom. The van der Waals surface area contributed by atoms with Gasteiger partial charge < -0.3 is 37.9 Å². The van der Waals surface area contributed by atoms with Gasteiger partial charge in [0.25, 0.3) is 0 Å². The summed E-state index contributed by atoms with van der Waals surface area (Å²) < 4.78 is 41.4. The number of esters is 2. The number of carbonyl (C=O) groups excluding carboxylic acids is 2. The molecule has 0 aliphatic rings. The zero-order chi connectivity index (χ0) is 23.9. The van der Waals surface area contributed by atoms with Crippen LogP contribution in [0.4, 0.5) is 0 Å². The van der Waals surface area contributed by atoms with Crippen molar-refractivity contribution < 1.29 is 47.5 Å². The minimum Gasteiger partial charge on any atom is -0.463 e. The van der Waals surface area contributed by atoms with Crippen molar-refractivity contribution in [3.8, 4) is 0 Å². The molecule has 0 aromatic carbocycles. The van der Waals surface area contributed by atoms with Crippen molar-refractivity contribution >= 4 is 11.9 Å². The molecule has 0 saturated carbocycles. The fourth-order valence-electron chi connectivity index (χ4n) is 2.54. The first-order chi connectivity index (χ1) is 15.6. The van der Waals surface area contributed by atoms with Crippen LogP contribution < -0.4 is 0 Å². The third-order valence-electron chi connectivity index (χ3n) is 4.42. The second-order valence-electron chi connectivity index (χ2n) is 7.01. The smallest absolute Gasteiger partial charge is 0.309 e. The lowest BCUT2D eigenvalue weighted by Crippen LogP contribution is -2.26. The summed E-state index contributed by atoms with van der Waals surface area (Å²) >= 11 is 0. The molecule has 0 aromatic heterocycles. The third kappa shape index (κ3) is 18.3. The van der Waals surface area contributed by atoms with E-state index in [1.807, 2.05) is 6.92 Å². The maximum Gasteiger partial charge on any atom is 0.309 e. The van der Waals surface area contributed by atoms with Crippen LogP contribution in [-0.4, -0.2) is 105 Å². The molecule has 0 radical (unpaired) electrons. The molecule has 10 nitrogen and oxygen atoms in total. The van der Waals surface area contributed by atoms with E-state index in [4.69, 9.17) is 37.9 Å². The van der Waals surface area contributed by atoms with Gasteiger partial charge in [-0.05, 0) is 12.8 Å². The molecule has 0 rings (SSSR count). The van der Waals surface area contributed by atoms with Crippen molar-refractivity contribution in [2.45, 2.75) is 26.7 Å². The van der Waals surface area contributed by atoms with Crippen molar-refractivity contribution in [3.05, 3.63) is 0 Å². The first kappa shape index (κ1) is 30.7. The molecule has 0 aliphatic heterocycles. The summed E-state index contributed by atoms with van der Waals surface area (Å²) in [5.41, 5.74) is 0. The van der Waals surface area contributed by atoms with Crippen LogP contribution in [0.2, 0.25) is 0 Å². The van der Waals surface area contributed by atoms with E-state index in [9.17, 15) is 9.59 Å². The molecule has 32 heavy (non-hydrogen) atoms. The number of hydrogen-bond donors (Lipinski definition) is 0. The number of carbonyl (C=O) groups is 2. The minimum absolute atomic E-state index is 0.162. The highest BCUT2D eigenvalue weighted by Crippen LogP contribution is 2.18. The van der Waals surface area contributed by atoms with Crippen LogP contribution in [0, 0.1) is 11.8 Å². The van der Waals surface area contributed by atoms with Crippen LogP contribution in [0.3, 0.4) is 0 Å². The van der Waals surface area contributed by atoms with Gasteiger partial charge in [-0.2, -0.15) is 0 Å². The standard InChI is InChI=1S/C22H42O10/c1-5-20(22(24)32-17-15-30-13-11-28-9-7-26-4)18-19(2)21(23)31-16-14-29-12-10-27-8-6-25-3/h19-20H,5-18H2,1-4H3. The van der Waals surface area contributed by atoms with Crippen LogP contribution in [0.5, 0.6) is 0 Å². The zero-order valence-electron chi connectivity index (χ0n) is 20.1. The summed E-state index contributed by atoms with van der Waals surface area (Å²) in [6.07, 6.45) is 0.952. The first-order valence-corrected chi connectivity index (χ1v) is 11.2. The first-order valence-electron chi connectivity index (χ1n) is 11.2. The van der Waals surface area contributed by atoms with E-state index in [0.717, 1.165) is 0 Å². The summed E-state index contributed by atoms with van der Waals surface area (Å²) in [5, 5.41) is 0. The van der Waals surface area contributed by atoms with Crippen molar-refractivity contribution in [1.82, 2.24) is 0 Å². The van der Waals surface area contributed by atoms with Gasteiger partial charge in [-0.3, -0.25) is 9.59 Å². The SMILES string of the molecule is CCC(CC(C)C(=O)OCCOCCOCCOC)C(=O)OCCOCCOCCOC. The summed E-state index contributed by atoms with van der Waals surface area (Å²) in [5.74, 6) is -1.46. The Morgan fingerprint density at radius 3 is 1.38 bits per heavy atom. The molecule has 10 heteroatoms. The molecule has 0 bridgehead atoms. The van der Waals surface area contributed by atoms with Gasteiger partial charge in [0.1, 0.15) is 13.2 Å². The molecule has 2 atom stereocenters. The fourth-order valence-corrected chi connectivity index (χ4v) is 2.54. The molecular formula is C22H42O10. The highest BCUT2D eigenvalue weighted by Gasteiger charge is 2.25. The molecule has 0 aliphatic carbocycles. The highest BCUT2D eigenvalue weighted by atomic mass is 16.6. The van der Waals surface area contributed by atoms with Gasteiger partial charge in [0.15, 0.2) is 0 Å². The van der Waals surface area contributed by atoms with Crippen molar-refractivity contribution in [2.75, 3.05) is 93.5 Å². The lowest BCUT2D eigenvalue weighted by atomic mass is 9.94. The average Bonchev–Trinajstić information content (AvgIpc) is 2.79. The molecule has 0 spiro atoms. The van der Waals surface area contributed by atoms with Crippen molar-refractivity contribution in [2.24, 2.45) is 11.8 Å². The van der Waals surface area contributed by atoms with Crippen molar-refractivity contribution in [3.63, 3.8) is 0 Å². The summed E-state index contributed by atoms with van der Waals surface area (Å²) in [6, 6.07) is 0. The second-order valence-corrected chi connectivity index (χ2v) is 7.01. The number of rotatable bonds is 23. The van der Waals surface area contributed by atoms with Crippen molar-refractivity contribution in [1.29, 1.82) is 0 Å².